The minimum Gasteiger partial charge on any atom is -0.457 e. The van der Waals surface area contributed by atoms with E-state index in [4.69, 9.17) is 4.42 Å². The van der Waals surface area contributed by atoms with Crippen LogP contribution in [0, 0.1) is 0 Å². The van der Waals surface area contributed by atoms with Crippen LogP contribution in [0.5, 0.6) is 0 Å². The van der Waals surface area contributed by atoms with E-state index in [0.717, 1.165) is 30.8 Å². The van der Waals surface area contributed by atoms with Gasteiger partial charge in [-0.05, 0) is 36.0 Å². The SMILES string of the molecule is CC1CN(Cc2coc(Br)c2)CCN1C. The molecule has 1 unspecified atom stereocenters. The summed E-state index contributed by atoms with van der Waals surface area (Å²) >= 11 is 3.32. The third kappa shape index (κ3) is 2.83. The highest BCUT2D eigenvalue weighted by Gasteiger charge is 2.20. The van der Waals surface area contributed by atoms with Gasteiger partial charge in [0.15, 0.2) is 4.67 Å². The molecule has 2 heterocycles. The van der Waals surface area contributed by atoms with Gasteiger partial charge >= 0.3 is 0 Å². The summed E-state index contributed by atoms with van der Waals surface area (Å²) in [6, 6.07) is 2.69. The van der Waals surface area contributed by atoms with Crippen LogP contribution in [0.3, 0.4) is 0 Å². The first kappa shape index (κ1) is 11.2. The van der Waals surface area contributed by atoms with E-state index in [1.807, 2.05) is 12.3 Å². The number of halogens is 1. The zero-order valence-electron chi connectivity index (χ0n) is 9.24. The zero-order valence-corrected chi connectivity index (χ0v) is 10.8. The average Bonchev–Trinajstić information content (AvgIpc) is 2.58. The van der Waals surface area contributed by atoms with Gasteiger partial charge in [0, 0.05) is 37.8 Å². The lowest BCUT2D eigenvalue weighted by molar-refractivity contribution is 0.0998. The molecule has 0 N–H and O–H groups in total. The lowest BCUT2D eigenvalue weighted by atomic mass is 10.2. The molecule has 1 saturated heterocycles. The Balaban J connectivity index is 1.90. The topological polar surface area (TPSA) is 19.6 Å². The Bertz CT molecular complexity index is 326. The molecule has 0 spiro atoms. The summed E-state index contributed by atoms with van der Waals surface area (Å²) in [7, 11) is 2.19. The van der Waals surface area contributed by atoms with Crippen LogP contribution in [0.2, 0.25) is 0 Å². The van der Waals surface area contributed by atoms with Gasteiger partial charge in [-0.15, -0.1) is 0 Å². The van der Waals surface area contributed by atoms with E-state index >= 15 is 0 Å². The second-order valence-corrected chi connectivity index (χ2v) is 5.11. The largest absolute Gasteiger partial charge is 0.457 e. The van der Waals surface area contributed by atoms with Crippen molar-refractivity contribution in [3.05, 3.63) is 22.6 Å². The molecule has 4 heteroatoms. The third-order valence-electron chi connectivity index (χ3n) is 3.07. The maximum Gasteiger partial charge on any atom is 0.169 e. The highest BCUT2D eigenvalue weighted by Crippen LogP contribution is 2.17. The quantitative estimate of drug-likeness (QED) is 0.823. The third-order valence-corrected chi connectivity index (χ3v) is 3.49. The van der Waals surface area contributed by atoms with E-state index in [1.54, 1.807) is 0 Å². The van der Waals surface area contributed by atoms with Crippen molar-refractivity contribution >= 4 is 15.9 Å². The predicted molar refractivity (Wildman–Crippen MR) is 63.8 cm³/mol. The Morgan fingerprint density at radius 3 is 2.93 bits per heavy atom. The van der Waals surface area contributed by atoms with Gasteiger partial charge in [0.05, 0.1) is 6.26 Å². The Morgan fingerprint density at radius 2 is 2.33 bits per heavy atom. The second-order valence-electron chi connectivity index (χ2n) is 4.32. The Labute approximate surface area is 99.2 Å². The zero-order chi connectivity index (χ0) is 10.8. The van der Waals surface area contributed by atoms with Gasteiger partial charge in [0.1, 0.15) is 0 Å². The molecule has 2 rings (SSSR count). The summed E-state index contributed by atoms with van der Waals surface area (Å²) in [6.07, 6.45) is 1.83. The molecule has 0 radical (unpaired) electrons. The maximum atomic E-state index is 5.23. The molecule has 84 valence electrons. The maximum absolute atomic E-state index is 5.23. The minimum atomic E-state index is 0.647. The van der Waals surface area contributed by atoms with Crippen LogP contribution in [0.15, 0.2) is 21.4 Å². The molecule has 1 atom stereocenters. The first-order valence-corrected chi connectivity index (χ1v) is 6.10. The van der Waals surface area contributed by atoms with E-state index < -0.39 is 0 Å². The molecule has 1 fully saturated rings. The molecule has 0 aliphatic carbocycles. The Hall–Kier alpha value is -0.320. The van der Waals surface area contributed by atoms with Gasteiger partial charge in [0.25, 0.3) is 0 Å². The summed E-state index contributed by atoms with van der Waals surface area (Å²) in [5.41, 5.74) is 1.25. The number of hydrogen-bond acceptors (Lipinski definition) is 3. The van der Waals surface area contributed by atoms with E-state index in [0.29, 0.717) is 6.04 Å². The lowest BCUT2D eigenvalue weighted by Crippen LogP contribution is -2.49. The molecule has 0 amide bonds. The van der Waals surface area contributed by atoms with Crippen LogP contribution in [-0.4, -0.2) is 42.5 Å². The van der Waals surface area contributed by atoms with Crippen LogP contribution < -0.4 is 0 Å². The molecule has 0 aromatic carbocycles. The van der Waals surface area contributed by atoms with Crippen molar-refractivity contribution in [2.75, 3.05) is 26.7 Å². The average molecular weight is 273 g/mol. The second kappa shape index (κ2) is 4.68. The number of piperazine rings is 1. The highest BCUT2D eigenvalue weighted by molar-refractivity contribution is 9.10. The number of nitrogens with zero attached hydrogens (tertiary/aromatic N) is 2. The van der Waals surface area contributed by atoms with Gasteiger partial charge in [0.2, 0.25) is 0 Å². The number of rotatable bonds is 2. The predicted octanol–water partition coefficient (Wildman–Crippen LogP) is 2.18. The Morgan fingerprint density at radius 1 is 1.53 bits per heavy atom. The molecular weight excluding hydrogens is 256 g/mol. The van der Waals surface area contributed by atoms with Crippen LogP contribution in [0.4, 0.5) is 0 Å². The molecule has 0 saturated carbocycles. The van der Waals surface area contributed by atoms with Crippen LogP contribution in [0.1, 0.15) is 12.5 Å². The fraction of sp³-hybridized carbons (Fsp3) is 0.636. The van der Waals surface area contributed by atoms with Crippen molar-refractivity contribution in [3.63, 3.8) is 0 Å². The summed E-state index contributed by atoms with van der Waals surface area (Å²) in [5, 5.41) is 0. The smallest absolute Gasteiger partial charge is 0.169 e. The van der Waals surface area contributed by atoms with Gasteiger partial charge in [-0.25, -0.2) is 0 Å². The molecule has 1 aromatic heterocycles. The van der Waals surface area contributed by atoms with E-state index in [1.165, 1.54) is 5.56 Å². The molecule has 1 aliphatic heterocycles. The summed E-state index contributed by atoms with van der Waals surface area (Å²) in [5.74, 6) is 0. The van der Waals surface area contributed by atoms with Crippen molar-refractivity contribution in [1.82, 2.24) is 9.80 Å². The number of hydrogen-bond donors (Lipinski definition) is 0. The minimum absolute atomic E-state index is 0.647. The van der Waals surface area contributed by atoms with Gasteiger partial charge in [-0.3, -0.25) is 4.90 Å². The van der Waals surface area contributed by atoms with Gasteiger partial charge in [-0.2, -0.15) is 0 Å². The first-order valence-electron chi connectivity index (χ1n) is 5.30. The van der Waals surface area contributed by atoms with E-state index in [2.05, 4.69) is 39.7 Å². The van der Waals surface area contributed by atoms with Gasteiger partial charge in [-0.1, -0.05) is 0 Å². The number of furan rings is 1. The highest BCUT2D eigenvalue weighted by atomic mass is 79.9. The van der Waals surface area contributed by atoms with Crippen molar-refractivity contribution in [2.24, 2.45) is 0 Å². The normalized spacial score (nSPS) is 24.6. The summed E-state index contributed by atoms with van der Waals surface area (Å²) < 4.78 is 6.05. The molecule has 1 aromatic rings. The van der Waals surface area contributed by atoms with Crippen LogP contribution >= 0.6 is 15.9 Å². The van der Waals surface area contributed by atoms with Crippen molar-refractivity contribution in [2.45, 2.75) is 19.5 Å². The van der Waals surface area contributed by atoms with E-state index in [-0.39, 0.29) is 0 Å². The molecule has 3 nitrogen and oxygen atoms in total. The van der Waals surface area contributed by atoms with E-state index in [9.17, 15) is 0 Å². The summed E-state index contributed by atoms with van der Waals surface area (Å²) in [6.45, 7) is 6.70. The van der Waals surface area contributed by atoms with Crippen LogP contribution in [-0.2, 0) is 6.54 Å². The summed E-state index contributed by atoms with van der Waals surface area (Å²) in [4.78, 5) is 4.88. The standard InChI is InChI=1S/C11H17BrN2O/c1-9-6-14(4-3-13(9)2)7-10-5-11(12)15-8-10/h5,8-9H,3-4,6-7H2,1-2H3. The monoisotopic (exact) mass is 272 g/mol. The van der Waals surface area contributed by atoms with Crippen molar-refractivity contribution in [1.29, 1.82) is 0 Å². The molecule has 1 aliphatic rings. The first-order chi connectivity index (χ1) is 7.15. The van der Waals surface area contributed by atoms with Gasteiger partial charge < -0.3 is 9.32 Å². The fourth-order valence-electron chi connectivity index (χ4n) is 1.95. The molecule has 0 bridgehead atoms. The van der Waals surface area contributed by atoms with Crippen LogP contribution in [0.25, 0.3) is 0 Å². The van der Waals surface area contributed by atoms with Crippen molar-refractivity contribution in [3.8, 4) is 0 Å². The Kier molecular flexibility index (Phi) is 3.49. The lowest BCUT2D eigenvalue weighted by Gasteiger charge is -2.37. The fourth-order valence-corrected chi connectivity index (χ4v) is 2.34. The number of likely N-dealkylation sites (N-methyl/N-ethyl adjacent to an activating group) is 1. The molecular formula is C11H17BrN2O. The van der Waals surface area contributed by atoms with Crippen molar-refractivity contribution < 1.29 is 4.42 Å². The molecule has 15 heavy (non-hydrogen) atoms.